The highest BCUT2D eigenvalue weighted by molar-refractivity contribution is 5.72. The van der Waals surface area contributed by atoms with Gasteiger partial charge in [0.05, 0.1) is 6.61 Å². The van der Waals surface area contributed by atoms with Crippen molar-refractivity contribution in [2.24, 2.45) is 0 Å². The van der Waals surface area contributed by atoms with Gasteiger partial charge in [0.2, 0.25) is 0 Å². The summed E-state index contributed by atoms with van der Waals surface area (Å²) in [5.41, 5.74) is 2.44. The van der Waals surface area contributed by atoms with E-state index < -0.39 is 0 Å². The van der Waals surface area contributed by atoms with E-state index in [0.717, 1.165) is 25.9 Å². The van der Waals surface area contributed by atoms with Crippen molar-refractivity contribution in [2.75, 3.05) is 32.8 Å². The van der Waals surface area contributed by atoms with Crippen LogP contribution >= 0.6 is 0 Å². The molecule has 1 fully saturated rings. The van der Waals surface area contributed by atoms with Crippen LogP contribution in [0.15, 0.2) is 0 Å². The van der Waals surface area contributed by atoms with E-state index in [0.29, 0.717) is 6.61 Å². The second kappa shape index (κ2) is 12.0. The number of nitrogens with one attached hydrogen (secondary N) is 2. The zero-order valence-corrected chi connectivity index (χ0v) is 13.0. The lowest BCUT2D eigenvalue weighted by molar-refractivity contribution is 0.0534. The summed E-state index contributed by atoms with van der Waals surface area (Å²) < 4.78 is 0. The van der Waals surface area contributed by atoms with Crippen molar-refractivity contribution in [3.05, 3.63) is 0 Å². The monoisotopic (exact) mass is 285 g/mol. The molecule has 1 saturated heterocycles. The maximum absolute atomic E-state index is 11.4. The van der Waals surface area contributed by atoms with Crippen molar-refractivity contribution < 1.29 is 9.63 Å². The predicted octanol–water partition coefficient (Wildman–Crippen LogP) is 2.67. The quantitative estimate of drug-likeness (QED) is 0.479. The summed E-state index contributed by atoms with van der Waals surface area (Å²) in [5.74, 6) is 0. The Balaban J connectivity index is 1.83. The fourth-order valence-corrected chi connectivity index (χ4v) is 2.45. The molecule has 0 aliphatic carbocycles. The summed E-state index contributed by atoms with van der Waals surface area (Å²) in [6.07, 6.45) is 9.63. The largest absolute Gasteiger partial charge is 0.338 e. The maximum atomic E-state index is 11.4. The Bertz CT molecular complexity index is 243. The number of piperidine rings is 1. The lowest BCUT2D eigenvalue weighted by Crippen LogP contribution is -2.37. The van der Waals surface area contributed by atoms with Crippen molar-refractivity contribution in [3.63, 3.8) is 0 Å². The third-order valence-corrected chi connectivity index (χ3v) is 3.65. The molecule has 0 aromatic heterocycles. The van der Waals surface area contributed by atoms with Crippen LogP contribution < -0.4 is 10.8 Å². The molecule has 5 nitrogen and oxygen atoms in total. The van der Waals surface area contributed by atoms with Crippen molar-refractivity contribution >= 4 is 6.03 Å². The van der Waals surface area contributed by atoms with Gasteiger partial charge in [-0.2, -0.15) is 0 Å². The van der Waals surface area contributed by atoms with Crippen LogP contribution in [0, 0.1) is 0 Å². The summed E-state index contributed by atoms with van der Waals surface area (Å²) in [5, 5.41) is 2.80. The van der Waals surface area contributed by atoms with Gasteiger partial charge in [-0.1, -0.05) is 32.6 Å². The van der Waals surface area contributed by atoms with E-state index in [-0.39, 0.29) is 6.03 Å². The Labute approximate surface area is 123 Å². The van der Waals surface area contributed by atoms with Gasteiger partial charge in [-0.05, 0) is 38.8 Å². The van der Waals surface area contributed by atoms with Gasteiger partial charge < -0.3 is 10.2 Å². The van der Waals surface area contributed by atoms with Gasteiger partial charge >= 0.3 is 6.03 Å². The Morgan fingerprint density at radius 2 is 1.90 bits per heavy atom. The summed E-state index contributed by atoms with van der Waals surface area (Å²) in [4.78, 5) is 19.0. The molecular weight excluding hydrogens is 254 g/mol. The number of carbonyl (C=O) groups excluding carboxylic acids is 1. The lowest BCUT2D eigenvalue weighted by atomic mass is 10.1. The standard InChI is InChI=1S/C15H31N3O2/c1-2-3-4-6-10-16-15(19)17-20-14-9-13-18-11-7-5-8-12-18/h2-14H2,1H3,(H2,16,17,19). The van der Waals surface area contributed by atoms with Crippen LogP contribution in [-0.2, 0) is 4.84 Å². The molecule has 0 saturated carbocycles. The number of amides is 2. The number of urea groups is 1. The molecule has 1 aliphatic heterocycles. The first-order valence-electron chi connectivity index (χ1n) is 8.21. The van der Waals surface area contributed by atoms with Gasteiger partial charge in [-0.25, -0.2) is 10.3 Å². The molecule has 0 unspecified atom stereocenters. The minimum absolute atomic E-state index is 0.223. The van der Waals surface area contributed by atoms with Crippen LogP contribution in [0.1, 0.15) is 58.3 Å². The first kappa shape index (κ1) is 17.2. The molecule has 1 heterocycles. The molecule has 0 aromatic carbocycles. The van der Waals surface area contributed by atoms with Crippen molar-refractivity contribution in [1.82, 2.24) is 15.7 Å². The first-order valence-corrected chi connectivity index (χ1v) is 8.21. The fraction of sp³-hybridized carbons (Fsp3) is 0.933. The highest BCUT2D eigenvalue weighted by Gasteiger charge is 2.09. The van der Waals surface area contributed by atoms with Gasteiger partial charge in [0.1, 0.15) is 0 Å². The topological polar surface area (TPSA) is 53.6 Å². The fourth-order valence-electron chi connectivity index (χ4n) is 2.45. The van der Waals surface area contributed by atoms with Crippen molar-refractivity contribution in [2.45, 2.75) is 58.3 Å². The molecule has 1 rings (SSSR count). The van der Waals surface area contributed by atoms with Gasteiger partial charge in [0.25, 0.3) is 0 Å². The second-order valence-corrected chi connectivity index (χ2v) is 5.52. The molecule has 5 heteroatoms. The first-order chi connectivity index (χ1) is 9.83. The number of carbonyl (C=O) groups is 1. The summed E-state index contributed by atoms with van der Waals surface area (Å²) in [7, 11) is 0. The smallest absolute Gasteiger partial charge is 0.336 e. The average Bonchev–Trinajstić information content (AvgIpc) is 2.48. The van der Waals surface area contributed by atoms with Crippen LogP contribution in [0.25, 0.3) is 0 Å². The molecule has 118 valence electrons. The summed E-state index contributed by atoms with van der Waals surface area (Å²) in [6, 6.07) is -0.223. The zero-order valence-electron chi connectivity index (χ0n) is 13.0. The minimum atomic E-state index is -0.223. The lowest BCUT2D eigenvalue weighted by Gasteiger charge is -2.26. The molecule has 20 heavy (non-hydrogen) atoms. The van der Waals surface area contributed by atoms with E-state index in [4.69, 9.17) is 4.84 Å². The third kappa shape index (κ3) is 9.15. The van der Waals surface area contributed by atoms with Crippen molar-refractivity contribution in [3.8, 4) is 0 Å². The van der Waals surface area contributed by atoms with Crippen LogP contribution in [0.5, 0.6) is 0 Å². The highest BCUT2D eigenvalue weighted by atomic mass is 16.7. The van der Waals surface area contributed by atoms with Crippen LogP contribution in [0.3, 0.4) is 0 Å². The number of rotatable bonds is 10. The number of hydrogen-bond acceptors (Lipinski definition) is 3. The van der Waals surface area contributed by atoms with Crippen LogP contribution in [0.2, 0.25) is 0 Å². The predicted molar refractivity (Wildman–Crippen MR) is 81.5 cm³/mol. The molecule has 0 aromatic rings. The van der Waals surface area contributed by atoms with E-state index >= 15 is 0 Å². The highest BCUT2D eigenvalue weighted by Crippen LogP contribution is 2.08. The summed E-state index contributed by atoms with van der Waals surface area (Å²) in [6.45, 7) is 6.98. The molecule has 0 spiro atoms. The van der Waals surface area contributed by atoms with Gasteiger partial charge in [0, 0.05) is 13.1 Å². The second-order valence-electron chi connectivity index (χ2n) is 5.52. The molecule has 1 aliphatic rings. The number of nitrogens with zero attached hydrogens (tertiary/aromatic N) is 1. The van der Waals surface area contributed by atoms with E-state index in [9.17, 15) is 4.79 Å². The number of unbranched alkanes of at least 4 members (excludes halogenated alkanes) is 3. The molecule has 0 bridgehead atoms. The Hall–Kier alpha value is -0.810. The normalized spacial score (nSPS) is 16.1. The maximum Gasteiger partial charge on any atom is 0.338 e. The van der Waals surface area contributed by atoms with E-state index in [1.807, 2.05) is 0 Å². The molecule has 2 N–H and O–H groups in total. The Kier molecular flexibility index (Phi) is 10.3. The van der Waals surface area contributed by atoms with Crippen molar-refractivity contribution in [1.29, 1.82) is 0 Å². The van der Waals surface area contributed by atoms with Gasteiger partial charge in [-0.3, -0.25) is 4.84 Å². The Morgan fingerprint density at radius 3 is 2.65 bits per heavy atom. The SMILES string of the molecule is CCCCCCNC(=O)NOCCCN1CCCCC1. The molecule has 2 amide bonds. The average molecular weight is 285 g/mol. The summed E-state index contributed by atoms with van der Waals surface area (Å²) >= 11 is 0. The minimum Gasteiger partial charge on any atom is -0.336 e. The van der Waals surface area contributed by atoms with E-state index in [2.05, 4.69) is 22.6 Å². The number of hydroxylamine groups is 1. The molecular formula is C15H31N3O2. The van der Waals surface area contributed by atoms with E-state index in [1.165, 1.54) is 51.6 Å². The molecule has 0 atom stereocenters. The molecule has 0 radical (unpaired) electrons. The Morgan fingerprint density at radius 1 is 1.10 bits per heavy atom. The van der Waals surface area contributed by atoms with Crippen LogP contribution in [-0.4, -0.2) is 43.7 Å². The van der Waals surface area contributed by atoms with E-state index in [1.54, 1.807) is 0 Å². The van der Waals surface area contributed by atoms with Gasteiger partial charge in [0.15, 0.2) is 0 Å². The van der Waals surface area contributed by atoms with Crippen LogP contribution in [0.4, 0.5) is 4.79 Å². The third-order valence-electron chi connectivity index (χ3n) is 3.65. The zero-order chi connectivity index (χ0) is 14.5. The number of hydrogen-bond donors (Lipinski definition) is 2. The number of likely N-dealkylation sites (tertiary alicyclic amines) is 1. The van der Waals surface area contributed by atoms with Gasteiger partial charge in [-0.15, -0.1) is 0 Å².